The third-order valence-electron chi connectivity index (χ3n) is 3.00. The van der Waals surface area contributed by atoms with Crippen LogP contribution in [0.25, 0.3) is 0 Å². The predicted octanol–water partition coefficient (Wildman–Crippen LogP) is 0.607. The Balaban J connectivity index is 2.54. The summed E-state index contributed by atoms with van der Waals surface area (Å²) in [7, 11) is 1.65. The molecule has 1 rings (SSSR count). The number of hydrogen-bond acceptors (Lipinski definition) is 3. The van der Waals surface area contributed by atoms with Crippen LogP contribution in [0.4, 0.5) is 0 Å². The van der Waals surface area contributed by atoms with E-state index in [4.69, 9.17) is 10.5 Å². The first-order chi connectivity index (χ1) is 7.07. The van der Waals surface area contributed by atoms with Crippen molar-refractivity contribution < 1.29 is 9.53 Å². The van der Waals surface area contributed by atoms with E-state index in [0.29, 0.717) is 25.1 Å². The summed E-state index contributed by atoms with van der Waals surface area (Å²) < 4.78 is 5.02. The highest BCUT2D eigenvalue weighted by Gasteiger charge is 2.34. The first-order valence-electron chi connectivity index (χ1n) is 5.63. The number of amides is 1. The molecule has 1 saturated carbocycles. The van der Waals surface area contributed by atoms with Crippen molar-refractivity contribution in [3.63, 3.8) is 0 Å². The fraction of sp³-hybridized carbons (Fsp3) is 0.909. The lowest BCUT2D eigenvalue weighted by atomic mass is 10.1. The van der Waals surface area contributed by atoms with E-state index < -0.39 is 6.04 Å². The maximum atomic E-state index is 11.9. The molecule has 0 aromatic rings. The van der Waals surface area contributed by atoms with Crippen molar-refractivity contribution in [1.82, 2.24) is 4.90 Å². The van der Waals surface area contributed by atoms with Gasteiger partial charge in [-0.25, -0.2) is 0 Å². The molecule has 0 aromatic carbocycles. The van der Waals surface area contributed by atoms with Crippen LogP contribution in [0.5, 0.6) is 0 Å². The Labute approximate surface area is 91.8 Å². The van der Waals surface area contributed by atoms with Crippen molar-refractivity contribution in [2.24, 2.45) is 11.7 Å². The van der Waals surface area contributed by atoms with Gasteiger partial charge in [0.15, 0.2) is 0 Å². The standard InChI is InChI=1S/C11H22N2O2/c1-8(12)11(14)13(6-7-15-3)9(2)10-4-5-10/h8-10H,4-7,12H2,1-3H3/t8-,9?/m0/s1. The SMILES string of the molecule is COCCN(C(=O)[C@H](C)N)C(C)C1CC1. The lowest BCUT2D eigenvalue weighted by molar-refractivity contribution is -0.135. The number of carbonyl (C=O) groups excluding carboxylic acids is 1. The molecular formula is C11H22N2O2. The zero-order valence-corrected chi connectivity index (χ0v) is 9.90. The molecule has 0 aliphatic heterocycles. The number of carbonyl (C=O) groups is 1. The minimum Gasteiger partial charge on any atom is -0.383 e. The van der Waals surface area contributed by atoms with Crippen LogP contribution in [0, 0.1) is 5.92 Å². The van der Waals surface area contributed by atoms with Gasteiger partial charge in [-0.1, -0.05) is 0 Å². The van der Waals surface area contributed by atoms with Gasteiger partial charge in [0.05, 0.1) is 12.6 Å². The fourth-order valence-electron chi connectivity index (χ4n) is 1.80. The number of methoxy groups -OCH3 is 1. The topological polar surface area (TPSA) is 55.6 Å². The average molecular weight is 214 g/mol. The molecule has 88 valence electrons. The molecule has 2 atom stereocenters. The van der Waals surface area contributed by atoms with E-state index in [2.05, 4.69) is 6.92 Å². The fourth-order valence-corrected chi connectivity index (χ4v) is 1.80. The molecule has 1 fully saturated rings. The van der Waals surface area contributed by atoms with E-state index in [1.807, 2.05) is 4.90 Å². The predicted molar refractivity (Wildman–Crippen MR) is 59.4 cm³/mol. The van der Waals surface area contributed by atoms with Gasteiger partial charge in [-0.3, -0.25) is 4.79 Å². The van der Waals surface area contributed by atoms with E-state index in [-0.39, 0.29) is 5.91 Å². The second-order valence-electron chi connectivity index (χ2n) is 4.39. The summed E-state index contributed by atoms with van der Waals surface area (Å²) in [6.45, 7) is 5.07. The average Bonchev–Trinajstić information content (AvgIpc) is 3.00. The molecule has 0 heterocycles. The number of hydrogen-bond donors (Lipinski definition) is 1. The summed E-state index contributed by atoms with van der Waals surface area (Å²) >= 11 is 0. The summed E-state index contributed by atoms with van der Waals surface area (Å²) in [5.74, 6) is 0.705. The van der Waals surface area contributed by atoms with Gasteiger partial charge in [-0.2, -0.15) is 0 Å². The summed E-state index contributed by atoms with van der Waals surface area (Å²) in [5.41, 5.74) is 5.63. The molecule has 4 heteroatoms. The molecule has 1 aliphatic rings. The Hall–Kier alpha value is -0.610. The Morgan fingerprint density at radius 2 is 2.13 bits per heavy atom. The molecule has 4 nitrogen and oxygen atoms in total. The Bertz CT molecular complexity index is 215. The van der Waals surface area contributed by atoms with Gasteiger partial charge in [-0.05, 0) is 32.6 Å². The van der Waals surface area contributed by atoms with Gasteiger partial charge in [0.1, 0.15) is 0 Å². The number of nitrogens with zero attached hydrogens (tertiary/aromatic N) is 1. The molecule has 0 bridgehead atoms. The minimum absolute atomic E-state index is 0.0337. The Morgan fingerprint density at radius 3 is 2.53 bits per heavy atom. The maximum Gasteiger partial charge on any atom is 0.239 e. The van der Waals surface area contributed by atoms with Crippen LogP contribution in [0.2, 0.25) is 0 Å². The van der Waals surface area contributed by atoms with Crippen LogP contribution in [0.15, 0.2) is 0 Å². The molecule has 1 amide bonds. The molecule has 2 N–H and O–H groups in total. The largest absolute Gasteiger partial charge is 0.383 e. The molecule has 15 heavy (non-hydrogen) atoms. The lowest BCUT2D eigenvalue weighted by Gasteiger charge is -2.30. The zero-order chi connectivity index (χ0) is 11.4. The highest BCUT2D eigenvalue weighted by molar-refractivity contribution is 5.81. The van der Waals surface area contributed by atoms with Gasteiger partial charge in [0.25, 0.3) is 0 Å². The second-order valence-corrected chi connectivity index (χ2v) is 4.39. The van der Waals surface area contributed by atoms with E-state index >= 15 is 0 Å². The van der Waals surface area contributed by atoms with Crippen molar-refractivity contribution in [2.75, 3.05) is 20.3 Å². The lowest BCUT2D eigenvalue weighted by Crippen LogP contribution is -2.48. The molecule has 0 saturated heterocycles. The van der Waals surface area contributed by atoms with Gasteiger partial charge >= 0.3 is 0 Å². The van der Waals surface area contributed by atoms with E-state index in [1.165, 1.54) is 12.8 Å². The minimum atomic E-state index is -0.414. The summed E-state index contributed by atoms with van der Waals surface area (Å²) in [6, 6.07) is -0.110. The summed E-state index contributed by atoms with van der Waals surface area (Å²) in [5, 5.41) is 0. The Kier molecular flexibility index (Phi) is 4.54. The Morgan fingerprint density at radius 1 is 1.53 bits per heavy atom. The van der Waals surface area contributed by atoms with Crippen LogP contribution in [0.3, 0.4) is 0 Å². The second kappa shape index (κ2) is 5.47. The van der Waals surface area contributed by atoms with Crippen LogP contribution < -0.4 is 5.73 Å². The van der Waals surface area contributed by atoms with E-state index in [1.54, 1.807) is 14.0 Å². The van der Waals surface area contributed by atoms with Crippen molar-refractivity contribution in [2.45, 2.75) is 38.8 Å². The van der Waals surface area contributed by atoms with Crippen molar-refractivity contribution in [3.05, 3.63) is 0 Å². The molecule has 0 aromatic heterocycles. The monoisotopic (exact) mass is 214 g/mol. The van der Waals surface area contributed by atoms with Crippen molar-refractivity contribution in [1.29, 1.82) is 0 Å². The molecule has 0 spiro atoms. The summed E-state index contributed by atoms with van der Waals surface area (Å²) in [4.78, 5) is 13.7. The van der Waals surface area contributed by atoms with Gasteiger partial charge in [0.2, 0.25) is 5.91 Å². The smallest absolute Gasteiger partial charge is 0.239 e. The van der Waals surface area contributed by atoms with Crippen LogP contribution >= 0.6 is 0 Å². The van der Waals surface area contributed by atoms with Crippen LogP contribution in [0.1, 0.15) is 26.7 Å². The first-order valence-corrected chi connectivity index (χ1v) is 5.63. The number of rotatable bonds is 6. The third kappa shape index (κ3) is 3.47. The van der Waals surface area contributed by atoms with Gasteiger partial charge < -0.3 is 15.4 Å². The van der Waals surface area contributed by atoms with Gasteiger partial charge in [-0.15, -0.1) is 0 Å². The molecule has 1 aliphatic carbocycles. The van der Waals surface area contributed by atoms with Gasteiger partial charge in [0, 0.05) is 19.7 Å². The molecular weight excluding hydrogens is 192 g/mol. The summed E-state index contributed by atoms with van der Waals surface area (Å²) in [6.07, 6.45) is 2.47. The highest BCUT2D eigenvalue weighted by atomic mass is 16.5. The number of nitrogens with two attached hydrogens (primary N) is 1. The quantitative estimate of drug-likeness (QED) is 0.704. The third-order valence-corrected chi connectivity index (χ3v) is 3.00. The van der Waals surface area contributed by atoms with Crippen LogP contribution in [-0.2, 0) is 9.53 Å². The normalized spacial score (nSPS) is 19.7. The van der Waals surface area contributed by atoms with Crippen molar-refractivity contribution >= 4 is 5.91 Å². The van der Waals surface area contributed by atoms with Crippen LogP contribution in [-0.4, -0.2) is 43.2 Å². The van der Waals surface area contributed by atoms with E-state index in [0.717, 1.165) is 0 Å². The number of ether oxygens (including phenoxy) is 1. The van der Waals surface area contributed by atoms with Crippen molar-refractivity contribution in [3.8, 4) is 0 Å². The molecule has 0 radical (unpaired) electrons. The first kappa shape index (κ1) is 12.5. The van der Waals surface area contributed by atoms with E-state index in [9.17, 15) is 4.79 Å². The highest BCUT2D eigenvalue weighted by Crippen LogP contribution is 2.35. The molecule has 1 unspecified atom stereocenters. The maximum absolute atomic E-state index is 11.9. The zero-order valence-electron chi connectivity index (χ0n) is 9.90.